The molecule has 4 rings (SSSR count). The number of ketones is 1. The van der Waals surface area contributed by atoms with E-state index in [0.717, 1.165) is 43.9 Å². The van der Waals surface area contributed by atoms with E-state index in [-0.39, 0.29) is 17.5 Å². The van der Waals surface area contributed by atoms with Crippen molar-refractivity contribution in [3.63, 3.8) is 0 Å². The Balaban J connectivity index is 1.46. The van der Waals surface area contributed by atoms with Crippen LogP contribution in [-0.2, 0) is 14.3 Å². The van der Waals surface area contributed by atoms with Gasteiger partial charge in [0.05, 0.1) is 0 Å². The molecule has 4 saturated carbocycles. The molecule has 4 aliphatic rings. The highest BCUT2D eigenvalue weighted by atomic mass is 16.5. The topological polar surface area (TPSA) is 43.4 Å². The van der Waals surface area contributed by atoms with Gasteiger partial charge in [0.1, 0.15) is 11.9 Å². The number of Topliss-reactive ketones (excluding diaryl/α,β-unsaturated/α-hetero) is 1. The van der Waals surface area contributed by atoms with Gasteiger partial charge in [-0.3, -0.25) is 9.59 Å². The number of fused-ring (bicyclic) bond motifs is 5. The predicted molar refractivity (Wildman–Crippen MR) is 111 cm³/mol. The molecule has 7 atom stereocenters. The third-order valence-electron chi connectivity index (χ3n) is 9.59. The van der Waals surface area contributed by atoms with Crippen LogP contribution in [0, 0.1) is 40.4 Å². The Morgan fingerprint density at radius 2 is 1.79 bits per heavy atom. The quantitative estimate of drug-likeness (QED) is 0.559. The molecule has 0 aromatic heterocycles. The maximum atomic E-state index is 12.4. The number of carbonyl (C=O) groups is 2. The minimum absolute atomic E-state index is 0.0177. The van der Waals surface area contributed by atoms with Crippen molar-refractivity contribution in [1.82, 2.24) is 0 Å². The third-order valence-corrected chi connectivity index (χ3v) is 9.59. The third kappa shape index (κ3) is 3.35. The van der Waals surface area contributed by atoms with Crippen LogP contribution in [0.5, 0.6) is 0 Å². The SMILES string of the molecule is CC(C)CCC(=O)O[C@H]1CC[C@H]2[C@@H]3CC[C@H]4CC(=O)CC[C@]4(C)[C@H]3CC[C@]12C. The highest BCUT2D eigenvalue weighted by Gasteiger charge is 2.61. The second-order valence-electron chi connectivity index (χ2n) is 11.4. The molecule has 0 aliphatic heterocycles. The zero-order valence-corrected chi connectivity index (χ0v) is 18.5. The van der Waals surface area contributed by atoms with Crippen molar-refractivity contribution in [1.29, 1.82) is 0 Å². The van der Waals surface area contributed by atoms with Gasteiger partial charge in [-0.1, -0.05) is 27.7 Å². The summed E-state index contributed by atoms with van der Waals surface area (Å²) < 4.78 is 6.08. The van der Waals surface area contributed by atoms with E-state index in [1.807, 2.05) is 0 Å². The molecule has 28 heavy (non-hydrogen) atoms. The molecule has 0 amide bonds. The summed E-state index contributed by atoms with van der Waals surface area (Å²) in [6, 6.07) is 0. The molecule has 3 heteroatoms. The van der Waals surface area contributed by atoms with Crippen molar-refractivity contribution in [3.05, 3.63) is 0 Å². The summed E-state index contributed by atoms with van der Waals surface area (Å²) in [6.45, 7) is 9.25. The molecule has 0 saturated heterocycles. The van der Waals surface area contributed by atoms with Crippen LogP contribution in [0.2, 0.25) is 0 Å². The molecule has 0 aromatic carbocycles. The molecular weight excluding hydrogens is 348 g/mol. The van der Waals surface area contributed by atoms with E-state index in [4.69, 9.17) is 4.74 Å². The average Bonchev–Trinajstić information content (AvgIpc) is 2.97. The first-order valence-corrected chi connectivity index (χ1v) is 11.9. The minimum Gasteiger partial charge on any atom is -0.462 e. The zero-order chi connectivity index (χ0) is 20.1. The fourth-order valence-electron chi connectivity index (χ4n) is 7.81. The van der Waals surface area contributed by atoms with E-state index in [1.54, 1.807) is 0 Å². The van der Waals surface area contributed by atoms with Crippen LogP contribution < -0.4 is 0 Å². The average molecular weight is 389 g/mol. The molecule has 0 N–H and O–H groups in total. The largest absolute Gasteiger partial charge is 0.462 e. The van der Waals surface area contributed by atoms with E-state index in [9.17, 15) is 9.59 Å². The Bertz CT molecular complexity index is 625. The molecule has 4 fully saturated rings. The van der Waals surface area contributed by atoms with Crippen LogP contribution in [0.1, 0.15) is 98.3 Å². The first kappa shape index (κ1) is 20.4. The van der Waals surface area contributed by atoms with E-state index >= 15 is 0 Å². The second kappa shape index (κ2) is 7.43. The predicted octanol–water partition coefficient (Wildman–Crippen LogP) is 5.95. The van der Waals surface area contributed by atoms with Crippen LogP contribution in [0.4, 0.5) is 0 Å². The van der Waals surface area contributed by atoms with Gasteiger partial charge >= 0.3 is 5.97 Å². The molecule has 4 aliphatic carbocycles. The Hall–Kier alpha value is -0.860. The lowest BCUT2D eigenvalue weighted by Crippen LogP contribution is -2.54. The Kier molecular flexibility index (Phi) is 5.42. The van der Waals surface area contributed by atoms with Crippen LogP contribution >= 0.6 is 0 Å². The Morgan fingerprint density at radius 3 is 2.54 bits per heavy atom. The highest BCUT2D eigenvalue weighted by Crippen LogP contribution is 2.66. The summed E-state index contributed by atoms with van der Waals surface area (Å²) in [6.07, 6.45) is 11.6. The standard InChI is InChI=1S/C25H40O3/c1-16(2)5-10-23(27)28-22-9-8-20-19-7-6-17-15-18(26)11-13-24(17,3)21(19)12-14-25(20,22)4/h16-17,19-22H,5-15H2,1-4H3/t17-,19-,20-,21-,22-,24-,25-/m0/s1. The van der Waals surface area contributed by atoms with Crippen LogP contribution in [0.25, 0.3) is 0 Å². The monoisotopic (exact) mass is 388 g/mol. The number of ether oxygens (including phenoxy) is 1. The zero-order valence-electron chi connectivity index (χ0n) is 18.5. The molecule has 0 spiro atoms. The van der Waals surface area contributed by atoms with Gasteiger partial charge in [-0.2, -0.15) is 0 Å². The van der Waals surface area contributed by atoms with Gasteiger partial charge in [0, 0.05) is 24.7 Å². The van der Waals surface area contributed by atoms with E-state index < -0.39 is 0 Å². The fraction of sp³-hybridized carbons (Fsp3) is 0.920. The lowest BCUT2D eigenvalue weighted by molar-refractivity contribution is -0.164. The van der Waals surface area contributed by atoms with Crippen LogP contribution in [0.15, 0.2) is 0 Å². The van der Waals surface area contributed by atoms with Crippen LogP contribution in [0.3, 0.4) is 0 Å². The maximum absolute atomic E-state index is 12.4. The summed E-state index contributed by atoms with van der Waals surface area (Å²) in [5.74, 6) is 3.92. The maximum Gasteiger partial charge on any atom is 0.306 e. The first-order chi connectivity index (χ1) is 13.2. The number of esters is 1. The Labute approximate surface area is 171 Å². The summed E-state index contributed by atoms with van der Waals surface area (Å²) in [5, 5.41) is 0. The molecule has 0 heterocycles. The summed E-state index contributed by atoms with van der Waals surface area (Å²) >= 11 is 0. The van der Waals surface area contributed by atoms with Gasteiger partial charge in [0.2, 0.25) is 0 Å². The molecule has 0 aromatic rings. The highest BCUT2D eigenvalue weighted by molar-refractivity contribution is 5.79. The van der Waals surface area contributed by atoms with E-state index in [1.165, 1.54) is 32.1 Å². The lowest BCUT2D eigenvalue weighted by Gasteiger charge is -2.60. The number of carbonyl (C=O) groups excluding carboxylic acids is 2. The number of rotatable bonds is 4. The molecule has 158 valence electrons. The molecule has 0 radical (unpaired) electrons. The molecule has 3 nitrogen and oxygen atoms in total. The van der Waals surface area contributed by atoms with Crippen LogP contribution in [-0.4, -0.2) is 17.9 Å². The van der Waals surface area contributed by atoms with Gasteiger partial charge in [0.25, 0.3) is 0 Å². The Morgan fingerprint density at radius 1 is 1.04 bits per heavy atom. The van der Waals surface area contributed by atoms with Crippen molar-refractivity contribution in [2.24, 2.45) is 40.4 Å². The summed E-state index contributed by atoms with van der Waals surface area (Å²) in [7, 11) is 0. The van der Waals surface area contributed by atoms with Crippen molar-refractivity contribution in [2.75, 3.05) is 0 Å². The van der Waals surface area contributed by atoms with Crippen molar-refractivity contribution in [2.45, 2.75) is 104 Å². The number of hydrogen-bond acceptors (Lipinski definition) is 3. The van der Waals surface area contributed by atoms with Gasteiger partial charge in [-0.25, -0.2) is 0 Å². The first-order valence-electron chi connectivity index (χ1n) is 11.9. The minimum atomic E-state index is 0.0177. The van der Waals surface area contributed by atoms with E-state index in [2.05, 4.69) is 27.7 Å². The molecular formula is C25H40O3. The van der Waals surface area contributed by atoms with Crippen molar-refractivity contribution < 1.29 is 14.3 Å². The molecule has 0 bridgehead atoms. The van der Waals surface area contributed by atoms with Gasteiger partial charge in [0.15, 0.2) is 0 Å². The van der Waals surface area contributed by atoms with Gasteiger partial charge < -0.3 is 4.74 Å². The molecule has 0 unspecified atom stereocenters. The number of hydrogen-bond donors (Lipinski definition) is 0. The fourth-order valence-corrected chi connectivity index (χ4v) is 7.81. The van der Waals surface area contributed by atoms with Gasteiger partial charge in [-0.05, 0) is 86.4 Å². The lowest BCUT2D eigenvalue weighted by atomic mass is 9.45. The van der Waals surface area contributed by atoms with E-state index in [0.29, 0.717) is 35.4 Å². The summed E-state index contributed by atoms with van der Waals surface area (Å²) in [4.78, 5) is 24.5. The van der Waals surface area contributed by atoms with Gasteiger partial charge in [-0.15, -0.1) is 0 Å². The van der Waals surface area contributed by atoms with Crippen molar-refractivity contribution in [3.8, 4) is 0 Å². The summed E-state index contributed by atoms with van der Waals surface area (Å²) in [5.41, 5.74) is 0.534. The smallest absolute Gasteiger partial charge is 0.306 e. The second-order valence-corrected chi connectivity index (χ2v) is 11.4. The normalized spacial score (nSPS) is 45.3. The van der Waals surface area contributed by atoms with Crippen molar-refractivity contribution >= 4 is 11.8 Å².